The number of primary amides is 1. The van der Waals surface area contributed by atoms with E-state index in [0.717, 1.165) is 5.56 Å². The smallest absolute Gasteiger partial charge is 0.271 e. The molecular formula is C17H13FN6O. The number of amides is 1. The van der Waals surface area contributed by atoms with Crippen molar-refractivity contribution >= 4 is 33.4 Å². The van der Waals surface area contributed by atoms with Gasteiger partial charge in [0, 0.05) is 21.9 Å². The normalized spacial score (nSPS) is 11.3. The molecule has 0 unspecified atom stereocenters. The highest BCUT2D eigenvalue weighted by Gasteiger charge is 2.19. The summed E-state index contributed by atoms with van der Waals surface area (Å²) in [5.41, 5.74) is 13.7. The van der Waals surface area contributed by atoms with Gasteiger partial charge in [0.05, 0.1) is 11.9 Å². The Balaban J connectivity index is 2.10. The number of aryl methyl sites for hydroxylation is 1. The molecule has 0 aliphatic rings. The average molecular weight is 336 g/mol. The van der Waals surface area contributed by atoms with Gasteiger partial charge in [0.25, 0.3) is 5.91 Å². The number of nitrogens with zero attached hydrogens (tertiary/aromatic N) is 3. The first kappa shape index (κ1) is 15.0. The minimum Gasteiger partial charge on any atom is -0.396 e. The molecule has 124 valence electrons. The molecule has 2 heterocycles. The molecule has 2 aromatic heterocycles. The number of nitrogens with one attached hydrogen (secondary N) is 1. The van der Waals surface area contributed by atoms with Crippen LogP contribution < -0.4 is 11.5 Å². The fraction of sp³-hybridized carbons (Fsp3) is 0.0588. The summed E-state index contributed by atoms with van der Waals surface area (Å²) in [6, 6.07) is 6.94. The van der Waals surface area contributed by atoms with E-state index in [2.05, 4.69) is 20.4 Å². The molecule has 0 aliphatic carbocycles. The third-order valence-electron chi connectivity index (χ3n) is 4.24. The topological polar surface area (TPSA) is 124 Å². The lowest BCUT2D eigenvalue weighted by molar-refractivity contribution is 0.0996. The maximum Gasteiger partial charge on any atom is 0.271 e. The van der Waals surface area contributed by atoms with Crippen LogP contribution in [0.1, 0.15) is 16.1 Å². The van der Waals surface area contributed by atoms with E-state index in [1.807, 2.05) is 6.92 Å². The number of nitrogen functional groups attached to an aromatic ring is 1. The van der Waals surface area contributed by atoms with Gasteiger partial charge in [0.15, 0.2) is 11.5 Å². The fourth-order valence-corrected chi connectivity index (χ4v) is 2.99. The van der Waals surface area contributed by atoms with Gasteiger partial charge < -0.3 is 11.5 Å². The number of nitrogens with two attached hydrogens (primary N) is 2. The van der Waals surface area contributed by atoms with Crippen LogP contribution in [0.2, 0.25) is 0 Å². The molecule has 0 fully saturated rings. The minimum absolute atomic E-state index is 0.105. The van der Waals surface area contributed by atoms with E-state index in [1.54, 1.807) is 30.5 Å². The molecule has 0 aliphatic heterocycles. The fourth-order valence-electron chi connectivity index (χ4n) is 2.99. The average Bonchev–Trinajstić information content (AvgIpc) is 3.05. The Morgan fingerprint density at radius 3 is 2.76 bits per heavy atom. The maximum absolute atomic E-state index is 15.0. The van der Waals surface area contributed by atoms with Crippen LogP contribution in [-0.2, 0) is 0 Å². The zero-order valence-electron chi connectivity index (χ0n) is 13.2. The number of H-pyrrole nitrogens is 1. The van der Waals surface area contributed by atoms with Gasteiger partial charge >= 0.3 is 0 Å². The summed E-state index contributed by atoms with van der Waals surface area (Å²) in [4.78, 5) is 11.4. The molecule has 2 aromatic carbocycles. The minimum atomic E-state index is -0.765. The van der Waals surface area contributed by atoms with Crippen LogP contribution in [0.25, 0.3) is 32.9 Å². The highest BCUT2D eigenvalue weighted by atomic mass is 19.1. The van der Waals surface area contributed by atoms with Crippen molar-refractivity contribution in [1.82, 2.24) is 20.4 Å². The molecule has 0 atom stereocenters. The van der Waals surface area contributed by atoms with Gasteiger partial charge in [-0.2, -0.15) is 5.10 Å². The molecule has 1 amide bonds. The van der Waals surface area contributed by atoms with Crippen molar-refractivity contribution in [3.8, 4) is 11.1 Å². The van der Waals surface area contributed by atoms with Gasteiger partial charge in [0.2, 0.25) is 0 Å². The Labute approximate surface area is 140 Å². The van der Waals surface area contributed by atoms with E-state index in [0.29, 0.717) is 32.9 Å². The van der Waals surface area contributed by atoms with Crippen LogP contribution in [0.5, 0.6) is 0 Å². The number of hydrogen-bond acceptors (Lipinski definition) is 5. The molecule has 7 nitrogen and oxygen atoms in total. The monoisotopic (exact) mass is 336 g/mol. The summed E-state index contributed by atoms with van der Waals surface area (Å²) in [6.45, 7) is 1.84. The zero-order valence-corrected chi connectivity index (χ0v) is 13.2. The number of benzene rings is 2. The lowest BCUT2D eigenvalue weighted by Crippen LogP contribution is -2.17. The van der Waals surface area contributed by atoms with Crippen molar-refractivity contribution in [2.75, 3.05) is 5.73 Å². The number of anilines is 1. The van der Waals surface area contributed by atoms with Crippen LogP contribution in [-0.4, -0.2) is 26.3 Å². The van der Waals surface area contributed by atoms with Crippen molar-refractivity contribution in [2.45, 2.75) is 6.92 Å². The molecule has 0 bridgehead atoms. The molecule has 8 heteroatoms. The van der Waals surface area contributed by atoms with Crippen LogP contribution in [0.3, 0.4) is 0 Å². The largest absolute Gasteiger partial charge is 0.396 e. The Morgan fingerprint density at radius 1 is 1.20 bits per heavy atom. The molecular weight excluding hydrogens is 323 g/mol. The van der Waals surface area contributed by atoms with Crippen molar-refractivity contribution in [3.63, 3.8) is 0 Å². The van der Waals surface area contributed by atoms with Crippen molar-refractivity contribution in [3.05, 3.63) is 47.5 Å². The molecule has 4 rings (SSSR count). The second-order valence-corrected chi connectivity index (χ2v) is 5.74. The van der Waals surface area contributed by atoms with E-state index in [-0.39, 0.29) is 11.4 Å². The molecule has 0 spiro atoms. The van der Waals surface area contributed by atoms with E-state index >= 15 is 0 Å². The molecule has 5 N–H and O–H groups in total. The first-order valence-corrected chi connectivity index (χ1v) is 7.46. The Bertz CT molecular complexity index is 1170. The van der Waals surface area contributed by atoms with Crippen LogP contribution >= 0.6 is 0 Å². The predicted molar refractivity (Wildman–Crippen MR) is 92.3 cm³/mol. The molecule has 4 aromatic rings. The Morgan fingerprint density at radius 2 is 2.00 bits per heavy atom. The van der Waals surface area contributed by atoms with Gasteiger partial charge in [0.1, 0.15) is 11.0 Å². The zero-order chi connectivity index (χ0) is 17.7. The maximum atomic E-state index is 15.0. The number of aromatic nitrogens is 4. The summed E-state index contributed by atoms with van der Waals surface area (Å²) in [5, 5.41) is 15.6. The summed E-state index contributed by atoms with van der Waals surface area (Å²) in [6.07, 6.45) is 1.55. The highest BCUT2D eigenvalue weighted by molar-refractivity contribution is 6.08. The van der Waals surface area contributed by atoms with Gasteiger partial charge in [-0.1, -0.05) is 24.3 Å². The third kappa shape index (κ3) is 2.11. The summed E-state index contributed by atoms with van der Waals surface area (Å²) < 4.78 is 15.0. The van der Waals surface area contributed by atoms with Crippen molar-refractivity contribution < 1.29 is 9.18 Å². The summed E-state index contributed by atoms with van der Waals surface area (Å²) in [5.74, 6) is -1.20. The van der Waals surface area contributed by atoms with Crippen molar-refractivity contribution in [1.29, 1.82) is 0 Å². The molecule has 0 saturated carbocycles. The van der Waals surface area contributed by atoms with E-state index in [1.165, 1.54) is 0 Å². The predicted octanol–water partition coefficient (Wildman–Crippen LogP) is 2.30. The van der Waals surface area contributed by atoms with Gasteiger partial charge in [-0.3, -0.25) is 9.89 Å². The van der Waals surface area contributed by atoms with Crippen LogP contribution in [0.4, 0.5) is 10.1 Å². The SMILES string of the molecule is Cc1ccc2c(N)c(C(N)=O)nnc2c1-c1ccc2cn[nH]c2c1F. The lowest BCUT2D eigenvalue weighted by Gasteiger charge is -2.13. The molecule has 25 heavy (non-hydrogen) atoms. The van der Waals surface area contributed by atoms with Gasteiger partial charge in [-0.05, 0) is 12.5 Å². The first-order valence-electron chi connectivity index (χ1n) is 7.46. The van der Waals surface area contributed by atoms with E-state index < -0.39 is 11.7 Å². The second-order valence-electron chi connectivity index (χ2n) is 5.74. The van der Waals surface area contributed by atoms with Gasteiger partial charge in [-0.25, -0.2) is 4.39 Å². The van der Waals surface area contributed by atoms with Crippen molar-refractivity contribution in [2.24, 2.45) is 5.73 Å². The van der Waals surface area contributed by atoms with E-state index in [4.69, 9.17) is 11.5 Å². The highest BCUT2D eigenvalue weighted by Crippen LogP contribution is 2.36. The van der Waals surface area contributed by atoms with Crippen LogP contribution in [0.15, 0.2) is 30.5 Å². The summed E-state index contributed by atoms with van der Waals surface area (Å²) >= 11 is 0. The summed E-state index contributed by atoms with van der Waals surface area (Å²) in [7, 11) is 0. The number of fused-ring (bicyclic) bond motifs is 2. The first-order chi connectivity index (χ1) is 12.0. The number of carbonyl (C=O) groups is 1. The number of halogens is 1. The Hall–Kier alpha value is -3.55. The molecule has 0 saturated heterocycles. The Kier molecular flexibility index (Phi) is 3.14. The quantitative estimate of drug-likeness (QED) is 0.518. The van der Waals surface area contributed by atoms with Crippen LogP contribution in [0, 0.1) is 12.7 Å². The second kappa shape index (κ2) is 5.23. The number of rotatable bonds is 2. The third-order valence-corrected chi connectivity index (χ3v) is 4.24. The van der Waals surface area contributed by atoms with Gasteiger partial charge in [-0.15, -0.1) is 10.2 Å². The number of aromatic amines is 1. The molecule has 0 radical (unpaired) electrons. The number of carbonyl (C=O) groups excluding carboxylic acids is 1. The van der Waals surface area contributed by atoms with E-state index in [9.17, 15) is 9.18 Å². The lowest BCUT2D eigenvalue weighted by atomic mass is 9.95. The number of hydrogen-bond donors (Lipinski definition) is 3. The standard InChI is InChI=1S/C17H13FN6O/c1-7-2-4-10-13(19)16(17(20)25)24-23-15(10)11(7)9-5-3-8-6-21-22-14(8)12(9)18/h2-6H,1H3,(H2,19,23)(H2,20,25)(H,21,22).